The normalized spacial score (nSPS) is 13.6. The van der Waals surface area contributed by atoms with Crippen molar-refractivity contribution in [3.63, 3.8) is 0 Å². The molecular formula is C17H24OS2. The SMILES string of the molecule is CCCCC(CCC)C(O)(c1cccs1)c1cccs1. The van der Waals surface area contributed by atoms with Crippen molar-refractivity contribution in [2.45, 2.75) is 51.6 Å². The van der Waals surface area contributed by atoms with Crippen LogP contribution in [0.5, 0.6) is 0 Å². The van der Waals surface area contributed by atoms with E-state index in [1.165, 1.54) is 12.8 Å². The molecule has 0 aliphatic carbocycles. The van der Waals surface area contributed by atoms with Crippen molar-refractivity contribution < 1.29 is 5.11 Å². The van der Waals surface area contributed by atoms with Crippen LogP contribution in [0.2, 0.25) is 0 Å². The molecule has 0 radical (unpaired) electrons. The number of hydrogen-bond donors (Lipinski definition) is 1. The number of rotatable bonds is 8. The summed E-state index contributed by atoms with van der Waals surface area (Å²) >= 11 is 3.34. The van der Waals surface area contributed by atoms with Crippen LogP contribution in [0.25, 0.3) is 0 Å². The summed E-state index contributed by atoms with van der Waals surface area (Å²) in [7, 11) is 0. The van der Waals surface area contributed by atoms with E-state index in [1.807, 2.05) is 12.1 Å². The zero-order chi connectivity index (χ0) is 14.4. The first kappa shape index (κ1) is 15.7. The van der Waals surface area contributed by atoms with E-state index in [4.69, 9.17) is 0 Å². The van der Waals surface area contributed by atoms with Crippen molar-refractivity contribution in [2.75, 3.05) is 0 Å². The first-order valence-electron chi connectivity index (χ1n) is 7.53. The third kappa shape index (κ3) is 3.16. The fourth-order valence-electron chi connectivity index (χ4n) is 2.88. The van der Waals surface area contributed by atoms with E-state index in [9.17, 15) is 5.11 Å². The fourth-order valence-corrected chi connectivity index (χ4v) is 4.77. The van der Waals surface area contributed by atoms with Gasteiger partial charge in [0.1, 0.15) is 5.60 Å². The molecule has 0 fully saturated rings. The van der Waals surface area contributed by atoms with Crippen LogP contribution in [0.3, 0.4) is 0 Å². The van der Waals surface area contributed by atoms with Gasteiger partial charge in [-0.15, -0.1) is 22.7 Å². The Hall–Kier alpha value is -0.640. The van der Waals surface area contributed by atoms with Gasteiger partial charge in [0.2, 0.25) is 0 Å². The molecule has 2 aromatic rings. The Morgan fingerprint density at radius 1 is 1.00 bits per heavy atom. The molecular weight excluding hydrogens is 284 g/mol. The molecule has 3 heteroatoms. The van der Waals surface area contributed by atoms with E-state index in [0.29, 0.717) is 5.92 Å². The lowest BCUT2D eigenvalue weighted by molar-refractivity contribution is 0.0134. The van der Waals surface area contributed by atoms with Gasteiger partial charge in [-0.3, -0.25) is 0 Å². The average Bonchev–Trinajstić information content (AvgIpc) is 3.15. The molecule has 2 aromatic heterocycles. The van der Waals surface area contributed by atoms with Crippen molar-refractivity contribution in [3.8, 4) is 0 Å². The van der Waals surface area contributed by atoms with E-state index in [0.717, 1.165) is 29.0 Å². The molecule has 0 saturated heterocycles. The van der Waals surface area contributed by atoms with Gasteiger partial charge in [-0.1, -0.05) is 45.2 Å². The van der Waals surface area contributed by atoms with E-state index in [2.05, 4.69) is 36.7 Å². The van der Waals surface area contributed by atoms with Gasteiger partial charge >= 0.3 is 0 Å². The summed E-state index contributed by atoms with van der Waals surface area (Å²) in [6.07, 6.45) is 5.66. The van der Waals surface area contributed by atoms with Crippen molar-refractivity contribution in [1.82, 2.24) is 0 Å². The van der Waals surface area contributed by atoms with Crippen LogP contribution in [-0.2, 0) is 5.60 Å². The molecule has 0 saturated carbocycles. The van der Waals surface area contributed by atoms with Gasteiger partial charge in [-0.25, -0.2) is 0 Å². The molecule has 1 unspecified atom stereocenters. The Morgan fingerprint density at radius 3 is 2.00 bits per heavy atom. The zero-order valence-corrected chi connectivity index (χ0v) is 14.0. The highest BCUT2D eigenvalue weighted by Gasteiger charge is 2.40. The summed E-state index contributed by atoms with van der Waals surface area (Å²) in [5.74, 6) is 0.310. The van der Waals surface area contributed by atoms with Gasteiger partial charge in [0.05, 0.1) is 0 Å². The molecule has 1 nitrogen and oxygen atoms in total. The molecule has 110 valence electrons. The second-order valence-electron chi connectivity index (χ2n) is 5.35. The van der Waals surface area contributed by atoms with Crippen molar-refractivity contribution in [2.24, 2.45) is 5.92 Å². The van der Waals surface area contributed by atoms with E-state index in [1.54, 1.807) is 22.7 Å². The lowest BCUT2D eigenvalue weighted by Crippen LogP contribution is -2.35. The second kappa shape index (κ2) is 7.39. The molecule has 2 rings (SSSR count). The number of aliphatic hydroxyl groups is 1. The summed E-state index contributed by atoms with van der Waals surface area (Å²) < 4.78 is 0. The Labute approximate surface area is 130 Å². The lowest BCUT2D eigenvalue weighted by atomic mass is 9.78. The van der Waals surface area contributed by atoms with Crippen LogP contribution in [-0.4, -0.2) is 5.11 Å². The molecule has 0 aromatic carbocycles. The van der Waals surface area contributed by atoms with Crippen LogP contribution < -0.4 is 0 Å². The molecule has 0 amide bonds. The maximum Gasteiger partial charge on any atom is 0.136 e. The van der Waals surface area contributed by atoms with Crippen LogP contribution in [0.1, 0.15) is 55.7 Å². The van der Waals surface area contributed by atoms with Gasteiger partial charge in [-0.05, 0) is 41.7 Å². The summed E-state index contributed by atoms with van der Waals surface area (Å²) in [5.41, 5.74) is -0.798. The third-order valence-corrected chi connectivity index (χ3v) is 5.92. The monoisotopic (exact) mass is 308 g/mol. The molecule has 1 N–H and O–H groups in total. The van der Waals surface area contributed by atoms with E-state index < -0.39 is 5.60 Å². The third-order valence-electron chi connectivity index (χ3n) is 3.93. The standard InChI is InChI=1S/C17H24OS2/c1-3-5-9-14(8-4-2)17(18,15-10-6-12-19-15)16-11-7-13-20-16/h6-7,10-14,18H,3-5,8-9H2,1-2H3. The average molecular weight is 309 g/mol. The van der Waals surface area contributed by atoms with Gasteiger partial charge in [0.15, 0.2) is 0 Å². The van der Waals surface area contributed by atoms with Crippen molar-refractivity contribution in [1.29, 1.82) is 0 Å². The summed E-state index contributed by atoms with van der Waals surface area (Å²) in [4.78, 5) is 2.18. The predicted molar refractivity (Wildman–Crippen MR) is 89.6 cm³/mol. The summed E-state index contributed by atoms with van der Waals surface area (Å²) in [5, 5.41) is 15.7. The Morgan fingerprint density at radius 2 is 1.60 bits per heavy atom. The molecule has 1 atom stereocenters. The minimum absolute atomic E-state index is 0.310. The quantitative estimate of drug-likeness (QED) is 0.668. The van der Waals surface area contributed by atoms with Gasteiger partial charge in [0.25, 0.3) is 0 Å². The molecule has 0 bridgehead atoms. The van der Waals surface area contributed by atoms with E-state index >= 15 is 0 Å². The minimum atomic E-state index is -0.798. The van der Waals surface area contributed by atoms with Crippen LogP contribution in [0.4, 0.5) is 0 Å². The smallest absolute Gasteiger partial charge is 0.136 e. The molecule has 0 aliphatic rings. The maximum absolute atomic E-state index is 11.6. The summed E-state index contributed by atoms with van der Waals surface area (Å²) in [6, 6.07) is 8.25. The first-order valence-corrected chi connectivity index (χ1v) is 9.29. The second-order valence-corrected chi connectivity index (χ2v) is 7.24. The first-order chi connectivity index (χ1) is 9.73. The number of thiophene rings is 2. The van der Waals surface area contributed by atoms with Crippen LogP contribution in [0, 0.1) is 5.92 Å². The Kier molecular flexibility index (Phi) is 5.82. The largest absolute Gasteiger partial charge is 0.378 e. The predicted octanol–water partition coefficient (Wildman–Crippen LogP) is 5.65. The highest BCUT2D eigenvalue weighted by Crippen LogP contribution is 2.45. The molecule has 0 spiro atoms. The van der Waals surface area contributed by atoms with Crippen molar-refractivity contribution in [3.05, 3.63) is 44.8 Å². The molecule has 20 heavy (non-hydrogen) atoms. The van der Waals surface area contributed by atoms with Gasteiger partial charge < -0.3 is 5.11 Å². The highest BCUT2D eigenvalue weighted by atomic mass is 32.1. The maximum atomic E-state index is 11.6. The van der Waals surface area contributed by atoms with Crippen molar-refractivity contribution >= 4 is 22.7 Å². The zero-order valence-electron chi connectivity index (χ0n) is 12.3. The van der Waals surface area contributed by atoms with Crippen LogP contribution >= 0.6 is 22.7 Å². The van der Waals surface area contributed by atoms with Crippen LogP contribution in [0.15, 0.2) is 35.0 Å². The van der Waals surface area contributed by atoms with Gasteiger partial charge in [-0.2, -0.15) is 0 Å². The highest BCUT2D eigenvalue weighted by molar-refractivity contribution is 7.11. The Balaban J connectivity index is 2.39. The molecule has 2 heterocycles. The Bertz CT molecular complexity index is 439. The minimum Gasteiger partial charge on any atom is -0.378 e. The number of unbranched alkanes of at least 4 members (excludes halogenated alkanes) is 1. The lowest BCUT2D eigenvalue weighted by Gasteiger charge is -2.35. The number of hydrogen-bond acceptors (Lipinski definition) is 3. The summed E-state index contributed by atoms with van der Waals surface area (Å²) in [6.45, 7) is 4.43. The fraction of sp³-hybridized carbons (Fsp3) is 0.529. The van der Waals surface area contributed by atoms with Gasteiger partial charge in [0, 0.05) is 9.75 Å². The van der Waals surface area contributed by atoms with E-state index in [-0.39, 0.29) is 0 Å². The topological polar surface area (TPSA) is 20.2 Å². The molecule has 0 aliphatic heterocycles.